The predicted octanol–water partition coefficient (Wildman–Crippen LogP) is 0.356. The molecule has 0 saturated carbocycles. The molecule has 25 heavy (non-hydrogen) atoms. The van der Waals surface area contributed by atoms with Gasteiger partial charge < -0.3 is 10.1 Å². The van der Waals surface area contributed by atoms with Gasteiger partial charge in [0, 0.05) is 6.20 Å². The summed E-state index contributed by atoms with van der Waals surface area (Å²) in [5.41, 5.74) is 0.887. The van der Waals surface area contributed by atoms with Gasteiger partial charge in [0.15, 0.2) is 5.65 Å². The molecule has 1 amide bonds. The van der Waals surface area contributed by atoms with Gasteiger partial charge in [-0.3, -0.25) is 14.0 Å². The van der Waals surface area contributed by atoms with Gasteiger partial charge in [-0.15, -0.1) is 5.10 Å². The minimum absolute atomic E-state index is 0.140. The summed E-state index contributed by atoms with van der Waals surface area (Å²) < 4.78 is 7.43. The van der Waals surface area contributed by atoms with Crippen LogP contribution in [0.5, 0.6) is 0 Å². The van der Waals surface area contributed by atoms with Gasteiger partial charge in [0.1, 0.15) is 19.7 Å². The van der Waals surface area contributed by atoms with Crippen molar-refractivity contribution in [3.05, 3.63) is 70.8 Å². The molecule has 0 bridgehead atoms. The van der Waals surface area contributed by atoms with Gasteiger partial charge >= 0.3 is 11.7 Å². The van der Waals surface area contributed by atoms with Crippen LogP contribution in [0.4, 0.5) is 0 Å². The maximum Gasteiger partial charge on any atom is 0.350 e. The Kier molecular flexibility index (Phi) is 4.89. The Morgan fingerprint density at radius 1 is 1.08 bits per heavy atom. The Morgan fingerprint density at radius 2 is 1.84 bits per heavy atom. The van der Waals surface area contributed by atoms with Crippen LogP contribution in [-0.4, -0.2) is 32.6 Å². The summed E-state index contributed by atoms with van der Waals surface area (Å²) in [6, 6.07) is 14.3. The fourth-order valence-corrected chi connectivity index (χ4v) is 2.22. The van der Waals surface area contributed by atoms with E-state index in [1.165, 1.54) is 4.40 Å². The number of nitrogens with zero attached hydrogens (tertiary/aromatic N) is 3. The minimum atomic E-state index is -0.556. The van der Waals surface area contributed by atoms with E-state index in [4.69, 9.17) is 4.74 Å². The first-order chi connectivity index (χ1) is 12.1. The Morgan fingerprint density at radius 3 is 2.60 bits per heavy atom. The summed E-state index contributed by atoms with van der Waals surface area (Å²) in [5.74, 6) is -1.05. The average molecular weight is 340 g/mol. The Labute approximate surface area is 142 Å². The molecule has 0 radical (unpaired) electrons. The number of rotatable bonds is 6. The summed E-state index contributed by atoms with van der Waals surface area (Å²) in [6.45, 7) is -0.401. The second kappa shape index (κ2) is 7.43. The summed E-state index contributed by atoms with van der Waals surface area (Å²) in [7, 11) is 0. The number of esters is 1. The fraction of sp³-hybridized carbons (Fsp3) is 0.176. The first-order valence-corrected chi connectivity index (χ1v) is 7.64. The molecule has 1 aromatic carbocycles. The van der Waals surface area contributed by atoms with Crippen molar-refractivity contribution in [2.75, 3.05) is 6.54 Å². The minimum Gasteiger partial charge on any atom is -0.460 e. The molecule has 1 N–H and O–H groups in total. The lowest BCUT2D eigenvalue weighted by atomic mass is 10.2. The molecule has 0 fully saturated rings. The zero-order valence-corrected chi connectivity index (χ0v) is 13.3. The Bertz CT molecular complexity index is 946. The standard InChI is InChI=1S/C17H16N4O4/c22-15(11-21-17(24)20-9-5-4-8-14(20)19-21)18-10-16(23)25-12-13-6-2-1-3-7-13/h1-9H,10-12H2,(H,18,22). The molecule has 0 atom stereocenters. The largest absolute Gasteiger partial charge is 0.460 e. The Balaban J connectivity index is 1.49. The third kappa shape index (κ3) is 4.11. The number of amides is 1. The highest BCUT2D eigenvalue weighted by atomic mass is 16.5. The number of carbonyl (C=O) groups is 2. The number of carbonyl (C=O) groups excluding carboxylic acids is 2. The molecule has 2 heterocycles. The lowest BCUT2D eigenvalue weighted by Gasteiger charge is -2.06. The van der Waals surface area contributed by atoms with Crippen LogP contribution in [0.1, 0.15) is 5.56 Å². The van der Waals surface area contributed by atoms with Gasteiger partial charge in [-0.2, -0.15) is 0 Å². The van der Waals surface area contributed by atoms with E-state index in [0.29, 0.717) is 5.65 Å². The second-order valence-corrected chi connectivity index (χ2v) is 5.29. The van der Waals surface area contributed by atoms with Crippen molar-refractivity contribution < 1.29 is 14.3 Å². The van der Waals surface area contributed by atoms with E-state index in [1.54, 1.807) is 24.4 Å². The van der Waals surface area contributed by atoms with E-state index >= 15 is 0 Å². The van der Waals surface area contributed by atoms with E-state index in [2.05, 4.69) is 10.4 Å². The second-order valence-electron chi connectivity index (χ2n) is 5.29. The molecule has 8 nitrogen and oxygen atoms in total. The van der Waals surface area contributed by atoms with Crippen LogP contribution in [0.2, 0.25) is 0 Å². The molecule has 0 aliphatic heterocycles. The van der Waals surface area contributed by atoms with Crippen molar-refractivity contribution in [1.82, 2.24) is 19.5 Å². The molecule has 8 heteroatoms. The lowest BCUT2D eigenvalue weighted by molar-refractivity contribution is -0.145. The average Bonchev–Trinajstić information content (AvgIpc) is 2.95. The first-order valence-electron chi connectivity index (χ1n) is 7.64. The van der Waals surface area contributed by atoms with Crippen molar-refractivity contribution in [3.63, 3.8) is 0 Å². The van der Waals surface area contributed by atoms with Gasteiger partial charge in [-0.05, 0) is 17.7 Å². The van der Waals surface area contributed by atoms with Crippen LogP contribution in [0.15, 0.2) is 59.5 Å². The van der Waals surface area contributed by atoms with Gasteiger partial charge in [0.05, 0.1) is 0 Å². The number of ether oxygens (including phenoxy) is 1. The van der Waals surface area contributed by atoms with Crippen molar-refractivity contribution in [2.24, 2.45) is 0 Å². The highest BCUT2D eigenvalue weighted by Crippen LogP contribution is 2.00. The van der Waals surface area contributed by atoms with Crippen molar-refractivity contribution in [2.45, 2.75) is 13.2 Å². The molecule has 2 aromatic heterocycles. The van der Waals surface area contributed by atoms with Crippen LogP contribution in [-0.2, 0) is 27.5 Å². The number of aromatic nitrogens is 3. The summed E-state index contributed by atoms with van der Waals surface area (Å²) in [6.07, 6.45) is 1.57. The molecule has 0 spiro atoms. The maximum atomic E-state index is 12.1. The van der Waals surface area contributed by atoms with E-state index in [-0.39, 0.29) is 19.7 Å². The lowest BCUT2D eigenvalue weighted by Crippen LogP contribution is -2.36. The maximum absolute atomic E-state index is 12.1. The van der Waals surface area contributed by atoms with E-state index in [1.807, 2.05) is 30.3 Å². The van der Waals surface area contributed by atoms with Gasteiger partial charge in [-0.1, -0.05) is 36.4 Å². The highest BCUT2D eigenvalue weighted by molar-refractivity contribution is 5.81. The van der Waals surface area contributed by atoms with Crippen LogP contribution >= 0.6 is 0 Å². The van der Waals surface area contributed by atoms with Gasteiger partial charge in [0.25, 0.3) is 0 Å². The van der Waals surface area contributed by atoms with Crippen molar-refractivity contribution in [3.8, 4) is 0 Å². The number of fused-ring (bicyclic) bond motifs is 1. The quantitative estimate of drug-likeness (QED) is 0.654. The van der Waals surface area contributed by atoms with Crippen LogP contribution in [0.3, 0.4) is 0 Å². The van der Waals surface area contributed by atoms with Gasteiger partial charge in [-0.25, -0.2) is 9.48 Å². The molecule has 3 aromatic rings. The zero-order chi connectivity index (χ0) is 17.6. The van der Waals surface area contributed by atoms with Crippen molar-refractivity contribution >= 4 is 17.5 Å². The third-order valence-electron chi connectivity index (χ3n) is 3.45. The smallest absolute Gasteiger partial charge is 0.350 e. The molecule has 128 valence electrons. The SMILES string of the molecule is O=C(Cn1nc2ccccn2c1=O)NCC(=O)OCc1ccccc1. The molecule has 0 aliphatic rings. The molecule has 0 unspecified atom stereocenters. The van der Waals surface area contributed by atoms with Crippen molar-refractivity contribution in [1.29, 1.82) is 0 Å². The summed E-state index contributed by atoms with van der Waals surface area (Å²) >= 11 is 0. The molecular formula is C17H16N4O4. The Hall–Kier alpha value is -3.42. The van der Waals surface area contributed by atoms with E-state index < -0.39 is 17.6 Å². The van der Waals surface area contributed by atoms with Gasteiger partial charge in [0.2, 0.25) is 5.91 Å². The fourth-order valence-electron chi connectivity index (χ4n) is 2.22. The zero-order valence-electron chi connectivity index (χ0n) is 13.3. The number of benzene rings is 1. The monoisotopic (exact) mass is 340 g/mol. The highest BCUT2D eigenvalue weighted by Gasteiger charge is 2.12. The molecular weight excluding hydrogens is 324 g/mol. The first kappa shape index (κ1) is 16.4. The molecule has 3 rings (SSSR count). The summed E-state index contributed by atoms with van der Waals surface area (Å²) in [4.78, 5) is 35.6. The number of nitrogens with one attached hydrogen (secondary N) is 1. The topological polar surface area (TPSA) is 94.7 Å². The summed E-state index contributed by atoms with van der Waals surface area (Å²) in [5, 5.41) is 6.46. The molecule has 0 saturated heterocycles. The predicted molar refractivity (Wildman–Crippen MR) is 88.7 cm³/mol. The van der Waals surface area contributed by atoms with Crippen LogP contribution < -0.4 is 11.0 Å². The number of pyridine rings is 1. The normalized spacial score (nSPS) is 10.6. The van der Waals surface area contributed by atoms with Crippen LogP contribution in [0, 0.1) is 0 Å². The number of hydrogen-bond donors (Lipinski definition) is 1. The molecule has 0 aliphatic carbocycles. The van der Waals surface area contributed by atoms with E-state index in [9.17, 15) is 14.4 Å². The number of hydrogen-bond acceptors (Lipinski definition) is 5. The van der Waals surface area contributed by atoms with E-state index in [0.717, 1.165) is 10.2 Å². The third-order valence-corrected chi connectivity index (χ3v) is 3.45. The van der Waals surface area contributed by atoms with Crippen LogP contribution in [0.25, 0.3) is 5.65 Å².